The summed E-state index contributed by atoms with van der Waals surface area (Å²) in [6.07, 6.45) is 1.54. The summed E-state index contributed by atoms with van der Waals surface area (Å²) >= 11 is 0. The van der Waals surface area contributed by atoms with Gasteiger partial charge in [-0.3, -0.25) is 10.1 Å². The lowest BCUT2D eigenvalue weighted by atomic mass is 10.0. The number of ether oxygens (including phenoxy) is 2. The first-order valence-corrected chi connectivity index (χ1v) is 9.20. The van der Waals surface area contributed by atoms with Crippen LogP contribution in [0.2, 0.25) is 0 Å². The summed E-state index contributed by atoms with van der Waals surface area (Å²) in [4.78, 5) is 21.8. The van der Waals surface area contributed by atoms with E-state index in [9.17, 15) is 10.1 Å². The fourth-order valence-electron chi connectivity index (χ4n) is 3.64. The molecule has 1 saturated heterocycles. The van der Waals surface area contributed by atoms with Gasteiger partial charge in [0.05, 0.1) is 30.7 Å². The number of aromatic nitrogens is 2. The lowest BCUT2D eigenvalue weighted by Gasteiger charge is -2.35. The zero-order valence-corrected chi connectivity index (χ0v) is 16.2. The molecule has 1 fully saturated rings. The Morgan fingerprint density at radius 3 is 2.72 bits per heavy atom. The lowest BCUT2D eigenvalue weighted by Crippen LogP contribution is -2.46. The third-order valence-corrected chi connectivity index (χ3v) is 5.08. The van der Waals surface area contributed by atoms with Crippen molar-refractivity contribution in [3.05, 3.63) is 58.4 Å². The van der Waals surface area contributed by atoms with Crippen LogP contribution < -0.4 is 19.7 Å². The number of anilines is 1. The molecule has 1 aliphatic heterocycles. The summed E-state index contributed by atoms with van der Waals surface area (Å²) in [6.45, 7) is 2.11. The van der Waals surface area contributed by atoms with Gasteiger partial charge in [0.25, 0.3) is 5.69 Å². The molecule has 2 aromatic carbocycles. The number of hydrogen-bond acceptors (Lipinski definition) is 8. The van der Waals surface area contributed by atoms with Crippen LogP contribution in [0, 0.1) is 10.1 Å². The molecule has 1 unspecified atom stereocenters. The predicted octanol–water partition coefficient (Wildman–Crippen LogP) is 2.71. The van der Waals surface area contributed by atoms with Gasteiger partial charge in [-0.25, -0.2) is 9.97 Å². The first kappa shape index (κ1) is 18.9. The summed E-state index contributed by atoms with van der Waals surface area (Å²) in [5, 5.41) is 15.4. The maximum Gasteiger partial charge on any atom is 0.269 e. The molecule has 3 aromatic rings. The van der Waals surface area contributed by atoms with Gasteiger partial charge in [0, 0.05) is 43.2 Å². The molecule has 4 rings (SSSR count). The number of benzene rings is 2. The number of hydrogen-bond donors (Lipinski definition) is 1. The normalized spacial score (nSPS) is 16.6. The Kier molecular flexibility index (Phi) is 5.13. The molecule has 150 valence electrons. The van der Waals surface area contributed by atoms with Gasteiger partial charge in [0.1, 0.15) is 12.1 Å². The summed E-state index contributed by atoms with van der Waals surface area (Å²) in [7, 11) is 3.18. The molecule has 29 heavy (non-hydrogen) atoms. The van der Waals surface area contributed by atoms with Crippen LogP contribution in [0.1, 0.15) is 11.6 Å². The average Bonchev–Trinajstić information content (AvgIpc) is 2.77. The highest BCUT2D eigenvalue weighted by Crippen LogP contribution is 2.35. The Balaban J connectivity index is 1.69. The van der Waals surface area contributed by atoms with Gasteiger partial charge < -0.3 is 19.7 Å². The van der Waals surface area contributed by atoms with E-state index in [2.05, 4.69) is 20.2 Å². The highest BCUT2D eigenvalue weighted by molar-refractivity contribution is 5.92. The molecule has 0 bridgehead atoms. The van der Waals surface area contributed by atoms with Crippen molar-refractivity contribution in [3.63, 3.8) is 0 Å². The van der Waals surface area contributed by atoms with Gasteiger partial charge in [0.15, 0.2) is 11.5 Å². The number of nitro benzene ring substituents is 1. The quantitative estimate of drug-likeness (QED) is 0.520. The van der Waals surface area contributed by atoms with Gasteiger partial charge in [-0.15, -0.1) is 0 Å². The average molecular weight is 395 g/mol. The van der Waals surface area contributed by atoms with E-state index in [1.54, 1.807) is 26.4 Å². The second-order valence-corrected chi connectivity index (χ2v) is 6.73. The van der Waals surface area contributed by atoms with Crippen molar-refractivity contribution < 1.29 is 14.4 Å². The molecule has 9 nitrogen and oxygen atoms in total. The lowest BCUT2D eigenvalue weighted by molar-refractivity contribution is -0.384. The number of nitro groups is 1. The molecule has 1 aromatic heterocycles. The van der Waals surface area contributed by atoms with Crippen molar-refractivity contribution >= 4 is 22.4 Å². The Labute approximate surface area is 167 Å². The molecular formula is C20H21N5O4. The maximum atomic E-state index is 11.1. The van der Waals surface area contributed by atoms with Gasteiger partial charge in [-0.1, -0.05) is 12.1 Å². The molecule has 0 radical (unpaired) electrons. The van der Waals surface area contributed by atoms with Crippen molar-refractivity contribution in [1.29, 1.82) is 0 Å². The van der Waals surface area contributed by atoms with E-state index in [0.717, 1.165) is 35.4 Å². The van der Waals surface area contributed by atoms with Crippen molar-refractivity contribution in [3.8, 4) is 11.5 Å². The first-order chi connectivity index (χ1) is 14.1. The van der Waals surface area contributed by atoms with E-state index >= 15 is 0 Å². The molecule has 1 aliphatic rings. The minimum absolute atomic E-state index is 0.0474. The third kappa shape index (κ3) is 3.64. The number of methoxy groups -OCH3 is 2. The maximum absolute atomic E-state index is 11.1. The van der Waals surface area contributed by atoms with Gasteiger partial charge in [-0.2, -0.15) is 0 Å². The molecular weight excluding hydrogens is 374 g/mol. The predicted molar refractivity (Wildman–Crippen MR) is 109 cm³/mol. The fraction of sp³-hybridized carbons (Fsp3) is 0.300. The molecule has 2 heterocycles. The smallest absolute Gasteiger partial charge is 0.269 e. The first-order valence-electron chi connectivity index (χ1n) is 9.20. The molecule has 1 atom stereocenters. The van der Waals surface area contributed by atoms with Crippen LogP contribution in [-0.4, -0.2) is 48.7 Å². The Morgan fingerprint density at radius 2 is 1.97 bits per heavy atom. The monoisotopic (exact) mass is 395 g/mol. The summed E-state index contributed by atoms with van der Waals surface area (Å²) in [5.41, 5.74) is 1.73. The molecule has 9 heteroatoms. The van der Waals surface area contributed by atoms with Crippen molar-refractivity contribution in [2.75, 3.05) is 38.8 Å². The minimum atomic E-state index is -0.373. The van der Waals surface area contributed by atoms with E-state index in [0.29, 0.717) is 18.0 Å². The fourth-order valence-corrected chi connectivity index (χ4v) is 3.64. The minimum Gasteiger partial charge on any atom is -0.493 e. The highest BCUT2D eigenvalue weighted by atomic mass is 16.6. The molecule has 0 saturated carbocycles. The Morgan fingerprint density at radius 1 is 1.17 bits per heavy atom. The van der Waals surface area contributed by atoms with Crippen LogP contribution in [0.25, 0.3) is 10.9 Å². The molecule has 1 N–H and O–H groups in total. The second kappa shape index (κ2) is 7.88. The standard InChI is InChI=1S/C20H21N5O4/c1-28-18-9-15-16(10-19(18)29-2)22-12-23-20(15)24-7-6-21-17(11-24)13-4-3-5-14(8-13)25(26)27/h3-5,8-10,12,17,21H,6-7,11H2,1-2H3. The molecule has 0 aliphatic carbocycles. The largest absolute Gasteiger partial charge is 0.493 e. The summed E-state index contributed by atoms with van der Waals surface area (Å²) in [5.74, 6) is 2.02. The van der Waals surface area contributed by atoms with Gasteiger partial charge >= 0.3 is 0 Å². The second-order valence-electron chi connectivity index (χ2n) is 6.73. The zero-order chi connectivity index (χ0) is 20.4. The van der Waals surface area contributed by atoms with Crippen LogP contribution >= 0.6 is 0 Å². The number of fused-ring (bicyclic) bond motifs is 1. The zero-order valence-electron chi connectivity index (χ0n) is 16.2. The van der Waals surface area contributed by atoms with Crippen LogP contribution in [0.15, 0.2) is 42.7 Å². The Hall–Kier alpha value is -3.46. The van der Waals surface area contributed by atoms with E-state index in [-0.39, 0.29) is 16.7 Å². The van der Waals surface area contributed by atoms with Crippen LogP contribution in [0.5, 0.6) is 11.5 Å². The highest BCUT2D eigenvalue weighted by Gasteiger charge is 2.25. The number of rotatable bonds is 5. The molecule has 0 amide bonds. The van der Waals surface area contributed by atoms with Crippen molar-refractivity contribution in [2.45, 2.75) is 6.04 Å². The van der Waals surface area contributed by atoms with E-state index in [1.807, 2.05) is 18.2 Å². The van der Waals surface area contributed by atoms with Gasteiger partial charge in [-0.05, 0) is 11.6 Å². The van der Waals surface area contributed by atoms with Crippen molar-refractivity contribution in [2.24, 2.45) is 0 Å². The summed E-state index contributed by atoms with van der Waals surface area (Å²) < 4.78 is 10.8. The third-order valence-electron chi connectivity index (χ3n) is 5.08. The molecule has 0 spiro atoms. The number of nitrogens with zero attached hydrogens (tertiary/aromatic N) is 4. The van der Waals surface area contributed by atoms with E-state index in [4.69, 9.17) is 9.47 Å². The number of nitrogens with one attached hydrogen (secondary N) is 1. The topological polar surface area (TPSA) is 103 Å². The van der Waals surface area contributed by atoms with Crippen LogP contribution in [0.4, 0.5) is 11.5 Å². The summed E-state index contributed by atoms with van der Waals surface area (Å²) in [6, 6.07) is 10.4. The van der Waals surface area contributed by atoms with Crippen molar-refractivity contribution in [1.82, 2.24) is 15.3 Å². The van der Waals surface area contributed by atoms with Crippen LogP contribution in [0.3, 0.4) is 0 Å². The number of piperazine rings is 1. The number of non-ortho nitro benzene ring substituents is 1. The van der Waals surface area contributed by atoms with E-state index < -0.39 is 0 Å². The van der Waals surface area contributed by atoms with E-state index in [1.165, 1.54) is 12.4 Å². The van der Waals surface area contributed by atoms with Gasteiger partial charge in [0.2, 0.25) is 0 Å². The Bertz CT molecular complexity index is 1060. The SMILES string of the molecule is COc1cc2ncnc(N3CCNC(c4cccc([N+](=O)[O-])c4)C3)c2cc1OC. The van der Waals surface area contributed by atoms with Crippen LogP contribution in [-0.2, 0) is 0 Å².